The van der Waals surface area contributed by atoms with Crippen LogP contribution in [0.5, 0.6) is 0 Å². The van der Waals surface area contributed by atoms with Crippen molar-refractivity contribution in [2.24, 2.45) is 0 Å². The highest BCUT2D eigenvalue weighted by Crippen LogP contribution is 2.03. The van der Waals surface area contributed by atoms with Crippen LogP contribution in [0.1, 0.15) is 35.4 Å². The third kappa shape index (κ3) is 5.01. The minimum absolute atomic E-state index is 0.263. The molecule has 0 aromatic carbocycles. The van der Waals surface area contributed by atoms with Crippen LogP contribution in [0.15, 0.2) is 12.1 Å². The van der Waals surface area contributed by atoms with Gasteiger partial charge in [-0.3, -0.25) is 0 Å². The number of unbranched alkanes of at least 4 members (excludes halogenated alkanes) is 2. The first-order valence-corrected chi connectivity index (χ1v) is 5.85. The summed E-state index contributed by atoms with van der Waals surface area (Å²) in [6.07, 6.45) is 2.93. The number of aliphatic hydroxyl groups is 1. The molecule has 0 aliphatic heterocycles. The van der Waals surface area contributed by atoms with E-state index in [2.05, 4.69) is 15.0 Å². The van der Waals surface area contributed by atoms with E-state index >= 15 is 0 Å². The molecule has 0 aliphatic carbocycles. The van der Waals surface area contributed by atoms with Crippen molar-refractivity contribution in [3.05, 3.63) is 23.5 Å². The van der Waals surface area contributed by atoms with Gasteiger partial charge in [-0.05, 0) is 37.9 Å². The Kier molecular flexibility index (Phi) is 6.35. The maximum Gasteiger partial charge on any atom is 0.354 e. The Bertz CT molecular complexity index is 336. The smallest absolute Gasteiger partial charge is 0.354 e. The number of carbonyl (C=O) groups is 1. The molecular weight excluding hydrogens is 220 g/mol. The number of rotatable bonds is 8. The molecule has 3 N–H and O–H groups in total. The summed E-state index contributed by atoms with van der Waals surface area (Å²) in [5, 5.41) is 11.9. The Hall–Kier alpha value is -1.33. The first-order valence-electron chi connectivity index (χ1n) is 5.85. The van der Waals surface area contributed by atoms with Gasteiger partial charge >= 0.3 is 5.97 Å². The summed E-state index contributed by atoms with van der Waals surface area (Å²) in [5.41, 5.74) is 1.44. The van der Waals surface area contributed by atoms with Gasteiger partial charge in [-0.2, -0.15) is 0 Å². The van der Waals surface area contributed by atoms with E-state index in [9.17, 15) is 4.79 Å². The molecule has 1 heterocycles. The van der Waals surface area contributed by atoms with E-state index in [4.69, 9.17) is 5.11 Å². The lowest BCUT2D eigenvalue weighted by molar-refractivity contribution is 0.0594. The monoisotopic (exact) mass is 240 g/mol. The van der Waals surface area contributed by atoms with Crippen molar-refractivity contribution in [3.8, 4) is 0 Å². The molecule has 0 radical (unpaired) electrons. The van der Waals surface area contributed by atoms with Crippen LogP contribution in [-0.2, 0) is 11.3 Å². The summed E-state index contributed by atoms with van der Waals surface area (Å²) in [5.74, 6) is -0.348. The highest BCUT2D eigenvalue weighted by atomic mass is 16.5. The summed E-state index contributed by atoms with van der Waals surface area (Å²) < 4.78 is 4.61. The van der Waals surface area contributed by atoms with E-state index in [0.717, 1.165) is 31.5 Å². The molecule has 1 aromatic rings. The van der Waals surface area contributed by atoms with E-state index in [0.29, 0.717) is 12.2 Å². The number of ether oxygens (including phenoxy) is 1. The summed E-state index contributed by atoms with van der Waals surface area (Å²) in [7, 11) is 1.36. The van der Waals surface area contributed by atoms with E-state index in [-0.39, 0.29) is 12.6 Å². The van der Waals surface area contributed by atoms with Crippen LogP contribution in [0.4, 0.5) is 0 Å². The number of esters is 1. The highest BCUT2D eigenvalue weighted by Gasteiger charge is 2.07. The van der Waals surface area contributed by atoms with Gasteiger partial charge in [0.25, 0.3) is 0 Å². The summed E-state index contributed by atoms with van der Waals surface area (Å²) in [4.78, 5) is 14.2. The Morgan fingerprint density at radius 3 is 2.94 bits per heavy atom. The molecule has 0 atom stereocenters. The normalized spacial score (nSPS) is 10.5. The van der Waals surface area contributed by atoms with Crippen molar-refractivity contribution in [1.82, 2.24) is 10.3 Å². The average Bonchev–Trinajstić information content (AvgIpc) is 2.81. The van der Waals surface area contributed by atoms with E-state index in [1.165, 1.54) is 7.11 Å². The lowest BCUT2D eigenvalue weighted by Gasteiger charge is -2.02. The van der Waals surface area contributed by atoms with Crippen molar-refractivity contribution >= 4 is 5.97 Å². The van der Waals surface area contributed by atoms with E-state index in [1.807, 2.05) is 6.07 Å². The third-order valence-corrected chi connectivity index (χ3v) is 2.48. The van der Waals surface area contributed by atoms with Crippen LogP contribution in [0, 0.1) is 0 Å². The number of aromatic amines is 1. The van der Waals surface area contributed by atoms with Crippen molar-refractivity contribution < 1.29 is 14.6 Å². The molecule has 0 aliphatic rings. The molecule has 0 fully saturated rings. The van der Waals surface area contributed by atoms with Gasteiger partial charge in [0.1, 0.15) is 5.69 Å². The fourth-order valence-corrected chi connectivity index (χ4v) is 1.53. The number of H-pyrrole nitrogens is 1. The molecule has 0 unspecified atom stereocenters. The zero-order chi connectivity index (χ0) is 12.5. The fraction of sp³-hybridized carbons (Fsp3) is 0.583. The van der Waals surface area contributed by atoms with Gasteiger partial charge in [0.2, 0.25) is 0 Å². The maximum absolute atomic E-state index is 11.2. The molecule has 1 rings (SSSR count). The first kappa shape index (κ1) is 13.7. The summed E-state index contributed by atoms with van der Waals surface area (Å²) in [6.45, 7) is 1.88. The van der Waals surface area contributed by atoms with Crippen LogP contribution in [0.2, 0.25) is 0 Å². The van der Waals surface area contributed by atoms with Crippen molar-refractivity contribution in [1.29, 1.82) is 0 Å². The number of aromatic nitrogens is 1. The number of hydrogen-bond acceptors (Lipinski definition) is 4. The SMILES string of the molecule is COC(=O)c1ccc(CNCCCCCO)[nH]1. The van der Waals surface area contributed by atoms with Crippen molar-refractivity contribution in [2.75, 3.05) is 20.3 Å². The Morgan fingerprint density at radius 2 is 2.24 bits per heavy atom. The lowest BCUT2D eigenvalue weighted by atomic mass is 10.2. The summed E-state index contributed by atoms with van der Waals surface area (Å²) >= 11 is 0. The predicted molar refractivity (Wildman–Crippen MR) is 64.8 cm³/mol. The second-order valence-electron chi connectivity index (χ2n) is 3.85. The Labute approximate surface area is 101 Å². The molecule has 5 heteroatoms. The average molecular weight is 240 g/mol. The third-order valence-electron chi connectivity index (χ3n) is 2.48. The molecule has 0 amide bonds. The van der Waals surface area contributed by atoms with Crippen LogP contribution in [0.25, 0.3) is 0 Å². The van der Waals surface area contributed by atoms with Crippen LogP contribution < -0.4 is 5.32 Å². The number of nitrogens with one attached hydrogen (secondary N) is 2. The topological polar surface area (TPSA) is 74.3 Å². The predicted octanol–water partition coefficient (Wildman–Crippen LogP) is 1.05. The zero-order valence-corrected chi connectivity index (χ0v) is 10.2. The molecule has 17 heavy (non-hydrogen) atoms. The zero-order valence-electron chi connectivity index (χ0n) is 10.2. The van der Waals surface area contributed by atoms with Gasteiger partial charge < -0.3 is 20.1 Å². The van der Waals surface area contributed by atoms with Crippen molar-refractivity contribution in [2.45, 2.75) is 25.8 Å². The Balaban J connectivity index is 2.19. The van der Waals surface area contributed by atoms with Gasteiger partial charge in [0.15, 0.2) is 0 Å². The standard InChI is InChI=1S/C12H20N2O3/c1-17-12(16)11-6-5-10(14-11)9-13-7-3-2-4-8-15/h5-6,13-15H,2-4,7-9H2,1H3. The van der Waals surface area contributed by atoms with Gasteiger partial charge in [-0.15, -0.1) is 0 Å². The molecule has 0 spiro atoms. The first-order chi connectivity index (χ1) is 8.27. The molecule has 0 saturated heterocycles. The number of hydrogen-bond donors (Lipinski definition) is 3. The second kappa shape index (κ2) is 7.86. The van der Waals surface area contributed by atoms with E-state index in [1.54, 1.807) is 6.07 Å². The maximum atomic E-state index is 11.2. The quantitative estimate of drug-likeness (QED) is 0.469. The second-order valence-corrected chi connectivity index (χ2v) is 3.85. The largest absolute Gasteiger partial charge is 0.464 e. The highest BCUT2D eigenvalue weighted by molar-refractivity contribution is 5.87. The molecule has 1 aromatic heterocycles. The number of methoxy groups -OCH3 is 1. The van der Waals surface area contributed by atoms with E-state index < -0.39 is 0 Å². The number of carbonyl (C=O) groups excluding carboxylic acids is 1. The lowest BCUT2D eigenvalue weighted by Crippen LogP contribution is -2.15. The Morgan fingerprint density at radius 1 is 1.41 bits per heavy atom. The van der Waals surface area contributed by atoms with Crippen LogP contribution in [-0.4, -0.2) is 36.3 Å². The van der Waals surface area contributed by atoms with Gasteiger partial charge in [0, 0.05) is 18.8 Å². The number of aliphatic hydroxyl groups excluding tert-OH is 1. The van der Waals surface area contributed by atoms with Crippen LogP contribution in [0.3, 0.4) is 0 Å². The van der Waals surface area contributed by atoms with Gasteiger partial charge in [-0.1, -0.05) is 0 Å². The van der Waals surface area contributed by atoms with Crippen LogP contribution >= 0.6 is 0 Å². The minimum atomic E-state index is -0.348. The fourth-order valence-electron chi connectivity index (χ4n) is 1.53. The molecule has 5 nitrogen and oxygen atoms in total. The molecule has 0 saturated carbocycles. The molecule has 0 bridgehead atoms. The van der Waals surface area contributed by atoms with Gasteiger partial charge in [0.05, 0.1) is 7.11 Å². The minimum Gasteiger partial charge on any atom is -0.464 e. The molecule has 96 valence electrons. The van der Waals surface area contributed by atoms with Crippen molar-refractivity contribution in [3.63, 3.8) is 0 Å². The summed E-state index contributed by atoms with van der Waals surface area (Å²) in [6, 6.07) is 3.58. The van der Waals surface area contributed by atoms with Gasteiger partial charge in [-0.25, -0.2) is 4.79 Å². The molecular formula is C12H20N2O3.